The van der Waals surface area contributed by atoms with Crippen LogP contribution in [0, 0.1) is 13.8 Å². The van der Waals surface area contributed by atoms with Crippen LogP contribution in [-0.2, 0) is 0 Å². The summed E-state index contributed by atoms with van der Waals surface area (Å²) in [7, 11) is 1.78. The molecular formula is C19H17BrN2OS. The van der Waals surface area contributed by atoms with E-state index in [2.05, 4.69) is 40.0 Å². The van der Waals surface area contributed by atoms with E-state index in [1.54, 1.807) is 11.9 Å². The smallest absolute Gasteiger partial charge is 0.277 e. The molecule has 0 fully saturated rings. The lowest BCUT2D eigenvalue weighted by atomic mass is 10.1. The molecule has 2 aromatic carbocycles. The van der Waals surface area contributed by atoms with E-state index < -0.39 is 0 Å². The lowest BCUT2D eigenvalue weighted by Gasteiger charge is -2.18. The lowest BCUT2D eigenvalue weighted by Crippen LogP contribution is -2.27. The first kappa shape index (κ1) is 16.9. The average Bonchev–Trinajstić information content (AvgIpc) is 3.04. The molecule has 0 aliphatic heterocycles. The second kappa shape index (κ2) is 6.87. The summed E-state index contributed by atoms with van der Waals surface area (Å²) >= 11 is 4.94. The second-order valence-electron chi connectivity index (χ2n) is 5.70. The van der Waals surface area contributed by atoms with Gasteiger partial charge in [0.15, 0.2) is 0 Å². The van der Waals surface area contributed by atoms with E-state index >= 15 is 0 Å². The molecule has 0 saturated carbocycles. The Morgan fingerprint density at radius 2 is 1.83 bits per heavy atom. The maximum atomic E-state index is 12.7. The Hall–Kier alpha value is -1.98. The number of rotatable bonds is 3. The van der Waals surface area contributed by atoms with Crippen molar-refractivity contribution in [2.24, 2.45) is 0 Å². The molecule has 5 heteroatoms. The van der Waals surface area contributed by atoms with Crippen LogP contribution in [0.1, 0.15) is 21.6 Å². The highest BCUT2D eigenvalue weighted by Crippen LogP contribution is 2.27. The molecule has 0 N–H and O–H groups in total. The van der Waals surface area contributed by atoms with Gasteiger partial charge in [-0.15, -0.1) is 11.3 Å². The van der Waals surface area contributed by atoms with E-state index in [0.717, 1.165) is 26.3 Å². The molecule has 0 spiro atoms. The van der Waals surface area contributed by atoms with Gasteiger partial charge in [0.05, 0.1) is 0 Å². The quantitative estimate of drug-likeness (QED) is 0.584. The van der Waals surface area contributed by atoms with Gasteiger partial charge >= 0.3 is 0 Å². The van der Waals surface area contributed by atoms with Gasteiger partial charge in [-0.05, 0) is 37.6 Å². The third-order valence-electron chi connectivity index (χ3n) is 3.85. The molecule has 3 nitrogen and oxygen atoms in total. The lowest BCUT2D eigenvalue weighted by molar-refractivity contribution is 0.0989. The van der Waals surface area contributed by atoms with Crippen LogP contribution in [0.4, 0.5) is 5.69 Å². The summed E-state index contributed by atoms with van der Waals surface area (Å²) < 4.78 is 1.000. The standard InChI is InChI=1S/C19H17BrN2OS/c1-12-4-6-14(7-5-12)18-21-16(11-24-18)19(23)22(3)17-9-8-15(20)10-13(17)2/h4-11H,1-3H3. The number of thiazole rings is 1. The molecule has 1 amide bonds. The monoisotopic (exact) mass is 400 g/mol. The molecule has 1 heterocycles. The Bertz CT molecular complexity index is 887. The topological polar surface area (TPSA) is 33.2 Å². The number of nitrogens with zero attached hydrogens (tertiary/aromatic N) is 2. The first-order valence-electron chi connectivity index (χ1n) is 7.52. The van der Waals surface area contributed by atoms with E-state index in [9.17, 15) is 4.79 Å². The first-order chi connectivity index (χ1) is 11.5. The second-order valence-corrected chi connectivity index (χ2v) is 7.47. The highest BCUT2D eigenvalue weighted by molar-refractivity contribution is 9.10. The van der Waals surface area contributed by atoms with Crippen LogP contribution in [0.5, 0.6) is 0 Å². The van der Waals surface area contributed by atoms with Gasteiger partial charge in [-0.2, -0.15) is 0 Å². The highest BCUT2D eigenvalue weighted by Gasteiger charge is 2.18. The number of halogens is 1. The van der Waals surface area contributed by atoms with Crippen molar-refractivity contribution >= 4 is 38.9 Å². The maximum absolute atomic E-state index is 12.7. The number of amides is 1. The molecule has 3 aromatic rings. The number of aryl methyl sites for hydroxylation is 2. The molecule has 3 rings (SSSR count). The van der Waals surface area contributed by atoms with Gasteiger partial charge in [-0.3, -0.25) is 4.79 Å². The predicted octanol–water partition coefficient (Wildman–Crippen LogP) is 5.47. The molecule has 122 valence electrons. The van der Waals surface area contributed by atoms with Gasteiger partial charge in [0.1, 0.15) is 10.7 Å². The number of anilines is 1. The molecule has 0 aliphatic carbocycles. The minimum absolute atomic E-state index is 0.102. The molecular weight excluding hydrogens is 384 g/mol. The van der Waals surface area contributed by atoms with Crippen LogP contribution in [0.2, 0.25) is 0 Å². The summed E-state index contributed by atoms with van der Waals surface area (Å²) in [6.07, 6.45) is 0. The Labute approximate surface area is 154 Å². The van der Waals surface area contributed by atoms with Gasteiger partial charge < -0.3 is 4.90 Å². The van der Waals surface area contributed by atoms with Gasteiger partial charge in [-0.25, -0.2) is 4.98 Å². The van der Waals surface area contributed by atoms with E-state index in [1.807, 2.05) is 42.6 Å². The average molecular weight is 401 g/mol. The summed E-state index contributed by atoms with van der Waals surface area (Å²) in [4.78, 5) is 18.9. The number of carbonyl (C=O) groups is 1. The van der Waals surface area contributed by atoms with Gasteiger partial charge in [0.2, 0.25) is 0 Å². The molecule has 0 aliphatic rings. The van der Waals surface area contributed by atoms with Crippen molar-refractivity contribution in [2.45, 2.75) is 13.8 Å². The third-order valence-corrected chi connectivity index (χ3v) is 5.23. The fourth-order valence-corrected chi connectivity index (χ4v) is 3.75. The van der Waals surface area contributed by atoms with Crippen molar-refractivity contribution in [3.8, 4) is 10.6 Å². The number of benzene rings is 2. The SMILES string of the molecule is Cc1ccc(-c2nc(C(=O)N(C)c3ccc(Br)cc3C)cs2)cc1. The Balaban J connectivity index is 1.86. The Kier molecular flexibility index (Phi) is 4.83. The largest absolute Gasteiger partial charge is 0.310 e. The predicted molar refractivity (Wildman–Crippen MR) is 104 cm³/mol. The minimum Gasteiger partial charge on any atom is -0.310 e. The third kappa shape index (κ3) is 3.42. The van der Waals surface area contributed by atoms with Gasteiger partial charge in [0, 0.05) is 28.2 Å². The van der Waals surface area contributed by atoms with Crippen molar-refractivity contribution < 1.29 is 4.79 Å². The van der Waals surface area contributed by atoms with Crippen molar-refractivity contribution in [2.75, 3.05) is 11.9 Å². The van der Waals surface area contributed by atoms with E-state index in [-0.39, 0.29) is 5.91 Å². The fraction of sp³-hybridized carbons (Fsp3) is 0.158. The molecule has 0 unspecified atom stereocenters. The number of aromatic nitrogens is 1. The molecule has 0 bridgehead atoms. The zero-order chi connectivity index (χ0) is 17.3. The Morgan fingerprint density at radius 3 is 2.50 bits per heavy atom. The van der Waals surface area contributed by atoms with Crippen LogP contribution in [0.15, 0.2) is 52.3 Å². The van der Waals surface area contributed by atoms with Crippen LogP contribution in [0.25, 0.3) is 10.6 Å². The van der Waals surface area contributed by atoms with E-state index in [4.69, 9.17) is 0 Å². The zero-order valence-corrected chi connectivity index (χ0v) is 16.1. The van der Waals surface area contributed by atoms with Crippen LogP contribution >= 0.6 is 27.3 Å². The molecule has 0 radical (unpaired) electrons. The molecule has 0 saturated heterocycles. The molecule has 1 aromatic heterocycles. The zero-order valence-electron chi connectivity index (χ0n) is 13.7. The number of hydrogen-bond acceptors (Lipinski definition) is 3. The fourth-order valence-electron chi connectivity index (χ4n) is 2.48. The summed E-state index contributed by atoms with van der Waals surface area (Å²) in [5.74, 6) is -0.102. The summed E-state index contributed by atoms with van der Waals surface area (Å²) in [5, 5.41) is 2.68. The first-order valence-corrected chi connectivity index (χ1v) is 9.20. The Morgan fingerprint density at radius 1 is 1.12 bits per heavy atom. The van der Waals surface area contributed by atoms with Crippen molar-refractivity contribution in [1.29, 1.82) is 0 Å². The van der Waals surface area contributed by atoms with E-state index in [1.165, 1.54) is 16.9 Å². The minimum atomic E-state index is -0.102. The molecule has 24 heavy (non-hydrogen) atoms. The normalized spacial score (nSPS) is 10.7. The number of hydrogen-bond donors (Lipinski definition) is 0. The van der Waals surface area contributed by atoms with E-state index in [0.29, 0.717) is 5.69 Å². The highest BCUT2D eigenvalue weighted by atomic mass is 79.9. The summed E-state index contributed by atoms with van der Waals surface area (Å²) in [5.41, 5.74) is 4.63. The van der Waals surface area contributed by atoms with Gasteiger partial charge in [0.25, 0.3) is 5.91 Å². The number of carbonyl (C=O) groups excluding carboxylic acids is 1. The van der Waals surface area contributed by atoms with Crippen molar-refractivity contribution in [1.82, 2.24) is 4.98 Å². The van der Waals surface area contributed by atoms with Crippen molar-refractivity contribution in [3.05, 3.63) is 69.1 Å². The van der Waals surface area contributed by atoms with Crippen LogP contribution in [0.3, 0.4) is 0 Å². The van der Waals surface area contributed by atoms with Crippen LogP contribution in [-0.4, -0.2) is 17.9 Å². The summed E-state index contributed by atoms with van der Waals surface area (Å²) in [6, 6.07) is 14.0. The van der Waals surface area contributed by atoms with Gasteiger partial charge in [-0.1, -0.05) is 45.8 Å². The molecule has 0 atom stereocenters. The summed E-state index contributed by atoms with van der Waals surface area (Å²) in [6.45, 7) is 4.04. The maximum Gasteiger partial charge on any atom is 0.277 e. The van der Waals surface area contributed by atoms with Crippen molar-refractivity contribution in [3.63, 3.8) is 0 Å². The van der Waals surface area contributed by atoms with Crippen LogP contribution < -0.4 is 4.90 Å².